The molecule has 2 aromatic rings. The number of hydrogen-bond acceptors (Lipinski definition) is 3. The molecule has 0 aliphatic heterocycles. The van der Waals surface area contributed by atoms with Crippen molar-refractivity contribution in [1.82, 2.24) is 9.88 Å². The molecule has 1 aromatic carbocycles. The van der Waals surface area contributed by atoms with Crippen molar-refractivity contribution in [2.45, 2.75) is 32.1 Å². The summed E-state index contributed by atoms with van der Waals surface area (Å²) in [5.74, 6) is 0. The maximum absolute atomic E-state index is 11.7. The lowest BCUT2D eigenvalue weighted by Gasteiger charge is -2.23. The summed E-state index contributed by atoms with van der Waals surface area (Å²) in [5.41, 5.74) is 3.65. The molecule has 21 heavy (non-hydrogen) atoms. The molecule has 0 fully saturated rings. The van der Waals surface area contributed by atoms with Crippen LogP contribution in [-0.4, -0.2) is 30.5 Å². The van der Waals surface area contributed by atoms with E-state index < -0.39 is 14.6 Å². The minimum Gasteiger partial charge on any atom is -0.346 e. The summed E-state index contributed by atoms with van der Waals surface area (Å²) in [6, 6.07) is 8.30. The molecule has 1 aromatic heterocycles. The Labute approximate surface area is 127 Å². The normalized spacial score (nSPS) is 13.0. The van der Waals surface area contributed by atoms with E-state index in [0.29, 0.717) is 13.1 Å². The number of nitrogens with zero attached hydrogens (tertiary/aromatic N) is 1. The highest BCUT2D eigenvalue weighted by Crippen LogP contribution is 2.24. The first-order chi connectivity index (χ1) is 9.65. The average Bonchev–Trinajstić information content (AvgIpc) is 2.63. The van der Waals surface area contributed by atoms with Gasteiger partial charge in [-0.2, -0.15) is 0 Å². The molecular formula is C16H24N2O2S. The van der Waals surface area contributed by atoms with Gasteiger partial charge in [-0.15, -0.1) is 0 Å². The number of sulfone groups is 1. The molecule has 0 aliphatic rings. The number of aromatic nitrogens is 1. The lowest BCUT2D eigenvalue weighted by atomic mass is 10.1. The van der Waals surface area contributed by atoms with Gasteiger partial charge in [0, 0.05) is 43.0 Å². The third-order valence-corrected chi connectivity index (χ3v) is 6.51. The van der Waals surface area contributed by atoms with Crippen LogP contribution in [0.1, 0.15) is 25.1 Å². The summed E-state index contributed by atoms with van der Waals surface area (Å²) in [4.78, 5) is 0. The predicted octanol–water partition coefficient (Wildman–Crippen LogP) is 2.40. The highest BCUT2D eigenvalue weighted by atomic mass is 32.2. The molecule has 0 atom stereocenters. The molecule has 1 heterocycles. The Morgan fingerprint density at radius 1 is 1.24 bits per heavy atom. The van der Waals surface area contributed by atoms with Gasteiger partial charge in [-0.3, -0.25) is 0 Å². The van der Waals surface area contributed by atoms with Crippen LogP contribution in [0.15, 0.2) is 24.3 Å². The highest BCUT2D eigenvalue weighted by molar-refractivity contribution is 7.92. The molecule has 0 bridgehead atoms. The Morgan fingerprint density at radius 2 is 1.86 bits per heavy atom. The fourth-order valence-corrected chi connectivity index (χ4v) is 2.86. The monoisotopic (exact) mass is 308 g/mol. The molecule has 4 nitrogen and oxygen atoms in total. The van der Waals surface area contributed by atoms with Crippen LogP contribution in [-0.2, 0) is 23.4 Å². The number of hydrogen-bond donors (Lipinski definition) is 1. The first-order valence-corrected chi connectivity index (χ1v) is 8.97. The second-order valence-corrected chi connectivity index (χ2v) is 8.93. The first kappa shape index (κ1) is 16.0. The molecule has 5 heteroatoms. The number of fused-ring (bicyclic) bond motifs is 1. The van der Waals surface area contributed by atoms with E-state index in [0.717, 1.165) is 0 Å². The van der Waals surface area contributed by atoms with E-state index in [9.17, 15) is 8.42 Å². The van der Waals surface area contributed by atoms with E-state index in [2.05, 4.69) is 28.9 Å². The zero-order valence-electron chi connectivity index (χ0n) is 13.4. The fraction of sp³-hybridized carbons (Fsp3) is 0.500. The standard InChI is InChI=1S/C16H24N2O2S/c1-12-13-8-6-7-9-14(13)18(4)15(12)10-17-11-16(2,3)21(5,19)20/h6-9,17H,10-11H2,1-5H3. The Balaban J connectivity index is 2.19. The topological polar surface area (TPSA) is 51.1 Å². The number of para-hydroxylation sites is 1. The van der Waals surface area contributed by atoms with Gasteiger partial charge in [0.25, 0.3) is 0 Å². The summed E-state index contributed by atoms with van der Waals surface area (Å²) in [7, 11) is -1.02. The number of benzene rings is 1. The van der Waals surface area contributed by atoms with Crippen molar-refractivity contribution < 1.29 is 8.42 Å². The van der Waals surface area contributed by atoms with Crippen LogP contribution in [0, 0.1) is 6.92 Å². The van der Waals surface area contributed by atoms with Gasteiger partial charge in [-0.25, -0.2) is 8.42 Å². The van der Waals surface area contributed by atoms with Crippen LogP contribution in [0.25, 0.3) is 10.9 Å². The lowest BCUT2D eigenvalue weighted by Crippen LogP contribution is -2.41. The quantitative estimate of drug-likeness (QED) is 0.923. The van der Waals surface area contributed by atoms with Gasteiger partial charge >= 0.3 is 0 Å². The summed E-state index contributed by atoms with van der Waals surface area (Å²) in [6.45, 7) is 6.72. The average molecular weight is 308 g/mol. The molecule has 0 amide bonds. The molecule has 1 N–H and O–H groups in total. The van der Waals surface area contributed by atoms with Gasteiger partial charge in [-0.05, 0) is 32.4 Å². The van der Waals surface area contributed by atoms with Crippen LogP contribution >= 0.6 is 0 Å². The van der Waals surface area contributed by atoms with Crippen molar-refractivity contribution in [3.63, 3.8) is 0 Å². The van der Waals surface area contributed by atoms with Crippen molar-refractivity contribution in [2.24, 2.45) is 7.05 Å². The van der Waals surface area contributed by atoms with Gasteiger partial charge in [0.2, 0.25) is 0 Å². The highest BCUT2D eigenvalue weighted by Gasteiger charge is 2.29. The summed E-state index contributed by atoms with van der Waals surface area (Å²) in [5, 5.41) is 4.54. The van der Waals surface area contributed by atoms with Crippen LogP contribution in [0.3, 0.4) is 0 Å². The largest absolute Gasteiger partial charge is 0.346 e. The van der Waals surface area contributed by atoms with Gasteiger partial charge in [-0.1, -0.05) is 18.2 Å². The maximum Gasteiger partial charge on any atom is 0.153 e. The molecule has 0 radical (unpaired) electrons. The summed E-state index contributed by atoms with van der Waals surface area (Å²) >= 11 is 0. The van der Waals surface area contributed by atoms with E-state index in [-0.39, 0.29) is 0 Å². The second kappa shape index (κ2) is 5.46. The minimum atomic E-state index is -3.07. The van der Waals surface area contributed by atoms with Gasteiger partial charge in [0.1, 0.15) is 0 Å². The Morgan fingerprint density at radius 3 is 2.43 bits per heavy atom. The summed E-state index contributed by atoms with van der Waals surface area (Å²) in [6.07, 6.45) is 1.29. The Hall–Kier alpha value is -1.33. The van der Waals surface area contributed by atoms with E-state index in [4.69, 9.17) is 0 Å². The second-order valence-electron chi connectivity index (χ2n) is 6.28. The maximum atomic E-state index is 11.7. The number of nitrogens with one attached hydrogen (secondary N) is 1. The number of aryl methyl sites for hydroxylation is 2. The molecule has 0 saturated carbocycles. The molecule has 0 unspecified atom stereocenters. The smallest absolute Gasteiger partial charge is 0.153 e. The van der Waals surface area contributed by atoms with E-state index >= 15 is 0 Å². The third kappa shape index (κ3) is 2.99. The number of rotatable bonds is 5. The van der Waals surface area contributed by atoms with Crippen molar-refractivity contribution in [1.29, 1.82) is 0 Å². The summed E-state index contributed by atoms with van der Waals surface area (Å²) < 4.78 is 24.9. The Kier molecular flexibility index (Phi) is 4.17. The molecule has 2 rings (SSSR count). The van der Waals surface area contributed by atoms with E-state index in [1.165, 1.54) is 28.4 Å². The van der Waals surface area contributed by atoms with Crippen LogP contribution in [0.5, 0.6) is 0 Å². The third-order valence-electron chi connectivity index (χ3n) is 4.35. The van der Waals surface area contributed by atoms with Gasteiger partial charge in [0.05, 0.1) is 4.75 Å². The van der Waals surface area contributed by atoms with Crippen molar-refractivity contribution in [2.75, 3.05) is 12.8 Å². The lowest BCUT2D eigenvalue weighted by molar-refractivity contribution is 0.517. The van der Waals surface area contributed by atoms with E-state index in [1.54, 1.807) is 13.8 Å². The van der Waals surface area contributed by atoms with Crippen LogP contribution in [0.4, 0.5) is 0 Å². The minimum absolute atomic E-state index is 0.437. The van der Waals surface area contributed by atoms with Crippen LogP contribution in [0.2, 0.25) is 0 Å². The SMILES string of the molecule is Cc1c(CNCC(C)(C)S(C)(=O)=O)n(C)c2ccccc12. The first-order valence-electron chi connectivity index (χ1n) is 7.08. The van der Waals surface area contributed by atoms with E-state index in [1.807, 2.05) is 19.2 Å². The molecule has 0 aliphatic carbocycles. The van der Waals surface area contributed by atoms with Crippen molar-refractivity contribution in [3.8, 4) is 0 Å². The van der Waals surface area contributed by atoms with Crippen LogP contribution < -0.4 is 5.32 Å². The van der Waals surface area contributed by atoms with Crippen molar-refractivity contribution >= 4 is 20.7 Å². The van der Waals surface area contributed by atoms with Gasteiger partial charge in [0.15, 0.2) is 9.84 Å². The molecule has 0 saturated heterocycles. The molecular weight excluding hydrogens is 284 g/mol. The Bertz CT molecular complexity index is 719. The molecule has 116 valence electrons. The van der Waals surface area contributed by atoms with Crippen molar-refractivity contribution in [3.05, 3.63) is 35.5 Å². The zero-order valence-corrected chi connectivity index (χ0v) is 14.2. The zero-order chi connectivity index (χ0) is 15.8. The predicted molar refractivity (Wildman–Crippen MR) is 88.3 cm³/mol. The molecule has 0 spiro atoms. The fourth-order valence-electron chi connectivity index (χ4n) is 2.50. The van der Waals surface area contributed by atoms with Gasteiger partial charge < -0.3 is 9.88 Å².